The van der Waals surface area contributed by atoms with Gasteiger partial charge in [-0.2, -0.15) is 0 Å². The fraction of sp³-hybridized carbons (Fsp3) is 0.765. The fourth-order valence-corrected chi connectivity index (χ4v) is 2.76. The second-order valence-electron chi connectivity index (χ2n) is 5.71. The van der Waals surface area contributed by atoms with Crippen molar-refractivity contribution in [1.82, 2.24) is 0 Å². The van der Waals surface area contributed by atoms with Gasteiger partial charge in [-0.1, -0.05) is 69.8 Å². The van der Waals surface area contributed by atoms with Gasteiger partial charge in [0.1, 0.15) is 0 Å². The summed E-state index contributed by atoms with van der Waals surface area (Å²) in [5.74, 6) is 0.932. The number of unbranched alkanes of at least 4 members (excludes halogenated alkanes) is 1. The van der Waals surface area contributed by atoms with E-state index in [1.807, 2.05) is 0 Å². The Kier molecular flexibility index (Phi) is 8.08. The lowest BCUT2D eigenvalue weighted by Gasteiger charge is -2.15. The second-order valence-corrected chi connectivity index (χ2v) is 5.71. The zero-order valence-electron chi connectivity index (χ0n) is 12.3. The second kappa shape index (κ2) is 9.38. The zero-order valence-corrected chi connectivity index (χ0v) is 12.3. The predicted molar refractivity (Wildman–Crippen MR) is 81.6 cm³/mol. The molecule has 0 aromatic heterocycles. The van der Waals surface area contributed by atoms with Crippen LogP contribution in [0.1, 0.15) is 71.6 Å². The molecule has 0 amide bonds. The van der Waals surface area contributed by atoms with Crippen LogP contribution in [0.15, 0.2) is 23.8 Å². The molecule has 1 aliphatic rings. The van der Waals surface area contributed by atoms with E-state index in [0.29, 0.717) is 0 Å². The molecule has 0 heterocycles. The minimum atomic E-state index is 0.269. The molecule has 2 N–H and O–H groups in total. The highest BCUT2D eigenvalue weighted by molar-refractivity contribution is 5.22. The van der Waals surface area contributed by atoms with Crippen molar-refractivity contribution in [3.8, 4) is 0 Å². The summed E-state index contributed by atoms with van der Waals surface area (Å²) in [6.45, 7) is 4.60. The first-order valence-corrected chi connectivity index (χ1v) is 7.89. The highest BCUT2D eigenvalue weighted by Gasteiger charge is 2.09. The first kappa shape index (κ1) is 15.5. The summed E-state index contributed by atoms with van der Waals surface area (Å²) in [4.78, 5) is 0. The molecule has 0 aliphatic heterocycles. The molecule has 2 atom stereocenters. The molecule has 0 saturated heterocycles. The van der Waals surface area contributed by atoms with Crippen LogP contribution in [0.3, 0.4) is 0 Å². The fourth-order valence-electron chi connectivity index (χ4n) is 2.76. The van der Waals surface area contributed by atoms with Crippen molar-refractivity contribution < 1.29 is 0 Å². The van der Waals surface area contributed by atoms with Gasteiger partial charge in [-0.3, -0.25) is 0 Å². The Hall–Kier alpha value is -0.560. The van der Waals surface area contributed by atoms with Gasteiger partial charge in [0, 0.05) is 6.04 Å². The maximum Gasteiger partial charge on any atom is 0.0229 e. The minimum absolute atomic E-state index is 0.269. The minimum Gasteiger partial charge on any atom is -0.324 e. The summed E-state index contributed by atoms with van der Waals surface area (Å²) < 4.78 is 0. The van der Waals surface area contributed by atoms with Crippen LogP contribution in [0.2, 0.25) is 0 Å². The lowest BCUT2D eigenvalue weighted by molar-refractivity contribution is 0.403. The Bertz CT molecular complexity index is 265. The Morgan fingerprint density at radius 3 is 2.78 bits per heavy atom. The third kappa shape index (κ3) is 6.39. The summed E-state index contributed by atoms with van der Waals surface area (Å²) in [7, 11) is 0. The van der Waals surface area contributed by atoms with E-state index in [1.165, 1.54) is 50.5 Å². The maximum atomic E-state index is 5.95. The van der Waals surface area contributed by atoms with Crippen molar-refractivity contribution in [3.63, 3.8) is 0 Å². The smallest absolute Gasteiger partial charge is 0.0229 e. The number of nitrogens with two attached hydrogens (primary N) is 1. The zero-order chi connectivity index (χ0) is 13.2. The molecule has 0 spiro atoms. The molecule has 0 bridgehead atoms. The van der Waals surface area contributed by atoms with Crippen LogP contribution in [-0.4, -0.2) is 6.04 Å². The Labute approximate surface area is 114 Å². The molecule has 1 aliphatic carbocycles. The van der Waals surface area contributed by atoms with Gasteiger partial charge in [0.15, 0.2) is 0 Å². The van der Waals surface area contributed by atoms with Crippen LogP contribution >= 0.6 is 0 Å². The van der Waals surface area contributed by atoms with Crippen molar-refractivity contribution in [2.75, 3.05) is 0 Å². The van der Waals surface area contributed by atoms with Gasteiger partial charge in [-0.15, -0.1) is 0 Å². The first-order chi connectivity index (χ1) is 8.76. The van der Waals surface area contributed by atoms with Crippen molar-refractivity contribution in [3.05, 3.63) is 23.8 Å². The van der Waals surface area contributed by atoms with Crippen molar-refractivity contribution in [2.24, 2.45) is 11.7 Å². The van der Waals surface area contributed by atoms with Crippen molar-refractivity contribution >= 4 is 0 Å². The van der Waals surface area contributed by atoms with Crippen LogP contribution < -0.4 is 5.73 Å². The van der Waals surface area contributed by atoms with E-state index in [4.69, 9.17) is 5.73 Å². The molecule has 0 aromatic rings. The van der Waals surface area contributed by atoms with Gasteiger partial charge in [0.05, 0.1) is 0 Å². The van der Waals surface area contributed by atoms with Crippen molar-refractivity contribution in [2.45, 2.75) is 77.7 Å². The molecule has 2 unspecified atom stereocenters. The van der Waals surface area contributed by atoms with E-state index >= 15 is 0 Å². The van der Waals surface area contributed by atoms with E-state index in [1.54, 1.807) is 0 Å². The lowest BCUT2D eigenvalue weighted by Crippen LogP contribution is -2.15. The maximum absolute atomic E-state index is 5.95. The summed E-state index contributed by atoms with van der Waals surface area (Å²) in [5, 5.41) is 0. The molecule has 0 aromatic carbocycles. The first-order valence-electron chi connectivity index (χ1n) is 7.89. The van der Waals surface area contributed by atoms with E-state index in [-0.39, 0.29) is 6.04 Å². The van der Waals surface area contributed by atoms with E-state index in [2.05, 4.69) is 32.1 Å². The quantitative estimate of drug-likeness (QED) is 0.645. The van der Waals surface area contributed by atoms with E-state index in [9.17, 15) is 0 Å². The van der Waals surface area contributed by atoms with Gasteiger partial charge in [-0.25, -0.2) is 0 Å². The molecule has 0 radical (unpaired) electrons. The summed E-state index contributed by atoms with van der Waals surface area (Å²) in [5.41, 5.74) is 7.46. The average Bonchev–Trinajstić information content (AvgIpc) is 2.58. The lowest BCUT2D eigenvalue weighted by atomic mass is 9.90. The predicted octanol–water partition coefficient (Wildman–Crippen LogP) is 4.98. The van der Waals surface area contributed by atoms with Gasteiger partial charge < -0.3 is 5.73 Å². The molecule has 104 valence electrons. The highest BCUT2D eigenvalue weighted by Crippen LogP contribution is 2.24. The number of hydrogen-bond donors (Lipinski definition) is 1. The summed E-state index contributed by atoms with van der Waals surface area (Å²) in [6.07, 6.45) is 18.6. The number of allylic oxidation sites excluding steroid dienone is 3. The molecular weight excluding hydrogens is 218 g/mol. The number of hydrogen-bond acceptors (Lipinski definition) is 1. The Morgan fingerprint density at radius 2 is 2.06 bits per heavy atom. The largest absolute Gasteiger partial charge is 0.324 e. The van der Waals surface area contributed by atoms with E-state index < -0.39 is 0 Å². The Morgan fingerprint density at radius 1 is 1.22 bits per heavy atom. The van der Waals surface area contributed by atoms with Gasteiger partial charge in [-0.05, 0) is 31.6 Å². The third-order valence-electron chi connectivity index (χ3n) is 3.97. The Balaban J connectivity index is 2.35. The summed E-state index contributed by atoms with van der Waals surface area (Å²) >= 11 is 0. The standard InChI is InChI=1S/C17H31N/c1-3-5-8-15(7-4-2)11-12-16-9-6-10-17(18)14-13-16/h9,13-15,17H,3-8,10-12,18H2,1-2H3. The monoisotopic (exact) mass is 249 g/mol. The topological polar surface area (TPSA) is 26.0 Å². The van der Waals surface area contributed by atoms with Crippen LogP contribution in [0.4, 0.5) is 0 Å². The molecule has 18 heavy (non-hydrogen) atoms. The highest BCUT2D eigenvalue weighted by atomic mass is 14.6. The normalized spacial score (nSPS) is 21.5. The van der Waals surface area contributed by atoms with Crippen LogP contribution in [-0.2, 0) is 0 Å². The molecular formula is C17H31N. The van der Waals surface area contributed by atoms with Crippen LogP contribution in [0.25, 0.3) is 0 Å². The van der Waals surface area contributed by atoms with Gasteiger partial charge >= 0.3 is 0 Å². The summed E-state index contributed by atoms with van der Waals surface area (Å²) in [6, 6.07) is 0.269. The van der Waals surface area contributed by atoms with Crippen molar-refractivity contribution in [1.29, 1.82) is 0 Å². The van der Waals surface area contributed by atoms with E-state index in [0.717, 1.165) is 18.8 Å². The SMILES string of the molecule is CCCCC(CCC)CCC1=CCCC(N)C=C1. The van der Waals surface area contributed by atoms with Crippen LogP contribution in [0.5, 0.6) is 0 Å². The average molecular weight is 249 g/mol. The van der Waals surface area contributed by atoms with Crippen LogP contribution in [0, 0.1) is 5.92 Å². The van der Waals surface area contributed by atoms with Gasteiger partial charge in [0.25, 0.3) is 0 Å². The molecule has 1 heteroatoms. The molecule has 1 nitrogen and oxygen atoms in total. The third-order valence-corrected chi connectivity index (χ3v) is 3.97. The molecule has 0 saturated carbocycles. The molecule has 1 rings (SSSR count). The molecule has 0 fully saturated rings. The number of rotatable bonds is 8. The van der Waals surface area contributed by atoms with Gasteiger partial charge in [0.2, 0.25) is 0 Å².